The number of imidazole rings is 1. The second kappa shape index (κ2) is 15.0. The van der Waals surface area contributed by atoms with Gasteiger partial charge >= 0.3 is 0 Å². The Bertz CT molecular complexity index is 3240. The molecular formula is C55H51N5O. The van der Waals surface area contributed by atoms with Gasteiger partial charge in [0.1, 0.15) is 28.6 Å². The molecule has 0 spiro atoms. The zero-order valence-electron chi connectivity index (χ0n) is 36.2. The van der Waals surface area contributed by atoms with Gasteiger partial charge in [-0.3, -0.25) is 8.97 Å². The maximum absolute atomic E-state index is 6.80. The van der Waals surface area contributed by atoms with Gasteiger partial charge < -0.3 is 4.74 Å². The van der Waals surface area contributed by atoms with Crippen molar-refractivity contribution in [3.05, 3.63) is 162 Å². The normalized spacial score (nSPS) is 12.2. The summed E-state index contributed by atoms with van der Waals surface area (Å²) in [5, 5.41) is 5.48. The van der Waals surface area contributed by atoms with Crippen LogP contribution in [0.25, 0.3) is 77.6 Å². The van der Waals surface area contributed by atoms with E-state index in [4.69, 9.17) is 19.7 Å². The van der Waals surface area contributed by atoms with Crippen molar-refractivity contribution in [1.82, 2.24) is 23.9 Å². The van der Waals surface area contributed by atoms with Gasteiger partial charge in [0, 0.05) is 44.9 Å². The highest BCUT2D eigenvalue weighted by molar-refractivity contribution is 6.13. The molecule has 5 aromatic carbocycles. The lowest BCUT2D eigenvalue weighted by molar-refractivity contribution is 0.484. The van der Waals surface area contributed by atoms with Gasteiger partial charge in [-0.2, -0.15) is 0 Å². The molecule has 0 amide bonds. The van der Waals surface area contributed by atoms with Crippen LogP contribution in [0.5, 0.6) is 11.5 Å². The molecule has 0 radical (unpaired) electrons. The Kier molecular flexibility index (Phi) is 9.47. The Labute approximate surface area is 357 Å². The van der Waals surface area contributed by atoms with Gasteiger partial charge in [0.15, 0.2) is 0 Å². The molecule has 0 N–H and O–H groups in total. The van der Waals surface area contributed by atoms with Crippen LogP contribution in [0.1, 0.15) is 101 Å². The molecular weight excluding hydrogens is 747 g/mol. The summed E-state index contributed by atoms with van der Waals surface area (Å²) < 4.78 is 11.3. The van der Waals surface area contributed by atoms with Gasteiger partial charge in [-0.25, -0.2) is 15.0 Å². The van der Waals surface area contributed by atoms with Gasteiger partial charge in [-0.05, 0) is 112 Å². The van der Waals surface area contributed by atoms with Crippen LogP contribution in [0, 0.1) is 0 Å². The average Bonchev–Trinajstić information content (AvgIpc) is 3.86. The SMILES string of the molecule is CC(C)c1cccc(C(C)C)c1-c1ccc2c3ccc(Oc4ccc5c6ccccc6n(-c6ccccn6)c5c4)cc3c3ncc(-c4c(C(C)C)cccc4C(C)C)n3c2n1. The van der Waals surface area contributed by atoms with Crippen LogP contribution in [-0.4, -0.2) is 23.9 Å². The third kappa shape index (κ3) is 6.35. The number of rotatable bonds is 9. The number of para-hydroxylation sites is 1. The molecule has 302 valence electrons. The maximum Gasteiger partial charge on any atom is 0.147 e. The second-order valence-electron chi connectivity index (χ2n) is 17.6. The van der Waals surface area contributed by atoms with Crippen LogP contribution in [0.4, 0.5) is 0 Å². The topological polar surface area (TPSA) is 57.2 Å². The summed E-state index contributed by atoms with van der Waals surface area (Å²) in [6.07, 6.45) is 3.90. The van der Waals surface area contributed by atoms with Gasteiger partial charge in [0.25, 0.3) is 0 Å². The summed E-state index contributed by atoms with van der Waals surface area (Å²) in [6.45, 7) is 18.2. The summed E-state index contributed by atoms with van der Waals surface area (Å²) in [5.41, 5.74) is 13.6. The lowest BCUT2D eigenvalue weighted by Gasteiger charge is -2.21. The third-order valence-electron chi connectivity index (χ3n) is 12.4. The minimum atomic E-state index is 0.315. The Balaban J connectivity index is 1.21. The van der Waals surface area contributed by atoms with Gasteiger partial charge in [0.2, 0.25) is 0 Å². The average molecular weight is 798 g/mol. The number of benzene rings is 5. The first-order valence-corrected chi connectivity index (χ1v) is 21.7. The number of ether oxygens (including phenoxy) is 1. The van der Waals surface area contributed by atoms with Crippen molar-refractivity contribution in [2.75, 3.05) is 0 Å². The highest BCUT2D eigenvalue weighted by Gasteiger charge is 2.24. The summed E-state index contributed by atoms with van der Waals surface area (Å²) in [5.74, 6) is 3.66. The first kappa shape index (κ1) is 38.4. The summed E-state index contributed by atoms with van der Waals surface area (Å²) >= 11 is 0. The molecule has 61 heavy (non-hydrogen) atoms. The van der Waals surface area contributed by atoms with E-state index < -0.39 is 0 Å². The zero-order chi connectivity index (χ0) is 42.1. The number of pyridine rings is 3. The van der Waals surface area contributed by atoms with E-state index in [1.54, 1.807) is 0 Å². The van der Waals surface area contributed by atoms with Crippen LogP contribution in [0.2, 0.25) is 0 Å². The van der Waals surface area contributed by atoms with E-state index in [9.17, 15) is 0 Å². The molecule has 0 bridgehead atoms. The lowest BCUT2D eigenvalue weighted by atomic mass is 9.86. The second-order valence-corrected chi connectivity index (χ2v) is 17.6. The van der Waals surface area contributed by atoms with Gasteiger partial charge in [-0.1, -0.05) is 116 Å². The predicted octanol–water partition coefficient (Wildman–Crippen LogP) is 15.1. The minimum Gasteiger partial charge on any atom is -0.457 e. The van der Waals surface area contributed by atoms with E-state index in [2.05, 4.69) is 180 Å². The Morgan fingerprint density at radius 3 is 1.70 bits per heavy atom. The van der Waals surface area contributed by atoms with Crippen molar-refractivity contribution >= 4 is 49.3 Å². The van der Waals surface area contributed by atoms with Crippen molar-refractivity contribution in [3.8, 4) is 39.8 Å². The molecule has 10 aromatic rings. The van der Waals surface area contributed by atoms with Crippen molar-refractivity contribution < 1.29 is 4.74 Å². The molecule has 6 nitrogen and oxygen atoms in total. The van der Waals surface area contributed by atoms with E-state index in [1.807, 2.05) is 24.4 Å². The van der Waals surface area contributed by atoms with Gasteiger partial charge in [0.05, 0.1) is 28.6 Å². The first-order chi connectivity index (χ1) is 29.6. The molecule has 0 aliphatic rings. The van der Waals surface area contributed by atoms with E-state index >= 15 is 0 Å². The molecule has 6 heteroatoms. The predicted molar refractivity (Wildman–Crippen MR) is 254 cm³/mol. The molecule has 0 atom stereocenters. The fraction of sp³-hybridized carbons (Fsp3) is 0.218. The molecule has 0 aliphatic heterocycles. The van der Waals surface area contributed by atoms with Crippen molar-refractivity contribution in [3.63, 3.8) is 0 Å². The number of fused-ring (bicyclic) bond motifs is 9. The van der Waals surface area contributed by atoms with Crippen LogP contribution in [-0.2, 0) is 0 Å². The van der Waals surface area contributed by atoms with Crippen LogP contribution in [0.15, 0.2) is 140 Å². The summed E-state index contributed by atoms with van der Waals surface area (Å²) in [4.78, 5) is 15.7. The highest BCUT2D eigenvalue weighted by Crippen LogP contribution is 2.43. The molecule has 10 rings (SSSR count). The summed E-state index contributed by atoms with van der Waals surface area (Å²) in [7, 11) is 0. The maximum atomic E-state index is 6.80. The quantitative estimate of drug-likeness (QED) is 0.137. The number of nitrogens with zero attached hydrogens (tertiary/aromatic N) is 5. The fourth-order valence-corrected chi connectivity index (χ4v) is 9.48. The molecule has 5 aromatic heterocycles. The number of aromatic nitrogens is 5. The first-order valence-electron chi connectivity index (χ1n) is 21.7. The smallest absolute Gasteiger partial charge is 0.147 e. The lowest BCUT2D eigenvalue weighted by Crippen LogP contribution is -2.05. The molecule has 0 saturated carbocycles. The zero-order valence-corrected chi connectivity index (χ0v) is 36.2. The Morgan fingerprint density at radius 1 is 0.459 bits per heavy atom. The highest BCUT2D eigenvalue weighted by atomic mass is 16.5. The Morgan fingerprint density at radius 2 is 1.05 bits per heavy atom. The number of hydrogen-bond acceptors (Lipinski definition) is 4. The standard InChI is InChI=1S/C55H51N5O/c1-32(2)38-16-13-17-39(33(3)4)52(38)47-27-26-45-42-24-22-36(61-37-23-25-44-43-15-9-10-20-48(43)59(49(44)30-37)51-21-11-12-28-56-51)29-46(42)54-57-31-50(60(54)55(45)58-47)53-40(34(5)6)18-14-19-41(53)35(7)8/h9-35H,1-8H3. The van der Waals surface area contributed by atoms with Crippen LogP contribution >= 0.6 is 0 Å². The van der Waals surface area contributed by atoms with Crippen LogP contribution < -0.4 is 4.74 Å². The monoisotopic (exact) mass is 797 g/mol. The van der Waals surface area contributed by atoms with E-state index in [-0.39, 0.29) is 0 Å². The molecule has 5 heterocycles. The third-order valence-corrected chi connectivity index (χ3v) is 12.4. The largest absolute Gasteiger partial charge is 0.457 e. The van der Waals surface area contributed by atoms with Crippen molar-refractivity contribution in [2.24, 2.45) is 0 Å². The van der Waals surface area contributed by atoms with Gasteiger partial charge in [-0.15, -0.1) is 0 Å². The molecule has 0 aliphatic carbocycles. The molecule has 0 saturated heterocycles. The van der Waals surface area contributed by atoms with E-state index in [0.717, 1.165) is 72.6 Å². The fourth-order valence-electron chi connectivity index (χ4n) is 9.48. The van der Waals surface area contributed by atoms with Crippen molar-refractivity contribution in [1.29, 1.82) is 0 Å². The Hall–Kier alpha value is -6.79. The molecule has 0 unspecified atom stereocenters. The molecule has 0 fully saturated rings. The minimum absolute atomic E-state index is 0.315. The van der Waals surface area contributed by atoms with Crippen molar-refractivity contribution in [2.45, 2.75) is 79.1 Å². The number of hydrogen-bond donors (Lipinski definition) is 0. The summed E-state index contributed by atoms with van der Waals surface area (Å²) in [6, 6.07) is 45.2. The van der Waals surface area contributed by atoms with Crippen LogP contribution in [0.3, 0.4) is 0 Å². The van der Waals surface area contributed by atoms with E-state index in [1.165, 1.54) is 38.8 Å². The van der Waals surface area contributed by atoms with E-state index in [0.29, 0.717) is 23.7 Å².